The predicted molar refractivity (Wildman–Crippen MR) is 100 cm³/mol. The number of fused-ring (bicyclic) bond motifs is 1. The van der Waals surface area contributed by atoms with E-state index >= 15 is 0 Å². The highest BCUT2D eigenvalue weighted by Crippen LogP contribution is 2.26. The number of carbonyl (C=O) groups excluding carboxylic acids is 1. The molecule has 1 aliphatic rings. The molecule has 2 N–H and O–H groups in total. The summed E-state index contributed by atoms with van der Waals surface area (Å²) in [6.45, 7) is 9.29. The highest BCUT2D eigenvalue weighted by Gasteiger charge is 2.24. The van der Waals surface area contributed by atoms with E-state index in [0.717, 1.165) is 29.3 Å². The summed E-state index contributed by atoms with van der Waals surface area (Å²) >= 11 is 2.33. The zero-order valence-corrected chi connectivity index (χ0v) is 16.2. The van der Waals surface area contributed by atoms with E-state index in [1.54, 1.807) is 0 Å². The summed E-state index contributed by atoms with van der Waals surface area (Å²) in [6.07, 6.45) is 1.18. The Morgan fingerprint density at radius 3 is 2.65 bits per heavy atom. The molecular weight excluding hydrogens is 405 g/mol. The molecule has 1 aromatic carbocycles. The molecule has 2 unspecified atom stereocenters. The van der Waals surface area contributed by atoms with Crippen LogP contribution in [-0.4, -0.2) is 28.6 Å². The van der Waals surface area contributed by atoms with E-state index in [1.807, 2.05) is 20.8 Å². The topological polar surface area (TPSA) is 67.0 Å². The SMILES string of the molecule is CC(C)(C)OC=O.CC1CNC(c2nc3ccc(I)cc3[nH]2)C1. The Bertz CT molecular complexity index is 663. The minimum atomic E-state index is -0.318. The Kier molecular flexibility index (Phi) is 6.02. The summed E-state index contributed by atoms with van der Waals surface area (Å²) in [4.78, 5) is 17.7. The number of hydrogen-bond donors (Lipinski definition) is 2. The Morgan fingerprint density at radius 1 is 1.39 bits per heavy atom. The molecule has 1 fully saturated rings. The van der Waals surface area contributed by atoms with Gasteiger partial charge in [0.2, 0.25) is 0 Å². The maximum absolute atomic E-state index is 9.60. The number of ether oxygens (including phenoxy) is 1. The highest BCUT2D eigenvalue weighted by atomic mass is 127. The number of H-pyrrole nitrogens is 1. The van der Waals surface area contributed by atoms with Crippen LogP contribution >= 0.6 is 22.6 Å². The van der Waals surface area contributed by atoms with Crippen LogP contribution < -0.4 is 5.32 Å². The van der Waals surface area contributed by atoms with Gasteiger partial charge in [0.1, 0.15) is 11.4 Å². The van der Waals surface area contributed by atoms with Gasteiger partial charge in [-0.25, -0.2) is 4.98 Å². The summed E-state index contributed by atoms with van der Waals surface area (Å²) in [6, 6.07) is 6.72. The number of nitrogens with zero attached hydrogens (tertiary/aromatic N) is 1. The lowest BCUT2D eigenvalue weighted by Gasteiger charge is -2.14. The van der Waals surface area contributed by atoms with Gasteiger partial charge in [0.05, 0.1) is 17.1 Å². The van der Waals surface area contributed by atoms with E-state index in [4.69, 9.17) is 0 Å². The van der Waals surface area contributed by atoms with Crippen molar-refractivity contribution in [2.24, 2.45) is 5.92 Å². The minimum absolute atomic E-state index is 0.318. The van der Waals surface area contributed by atoms with Crippen LogP contribution in [0, 0.1) is 9.49 Å². The fourth-order valence-electron chi connectivity index (χ4n) is 2.43. The number of aromatic nitrogens is 2. The number of halogens is 1. The number of aromatic amines is 1. The van der Waals surface area contributed by atoms with Gasteiger partial charge in [0, 0.05) is 3.57 Å². The standard InChI is InChI=1S/C12H14IN3.C5H10O2/c1-7-4-11(14-6-7)12-15-9-3-2-8(13)5-10(9)16-12;1-5(2,3)7-4-6/h2-3,5,7,11,14H,4,6H2,1H3,(H,15,16);4H,1-3H3. The number of carbonyl (C=O) groups is 1. The fraction of sp³-hybridized carbons (Fsp3) is 0.529. The van der Waals surface area contributed by atoms with Crippen molar-refractivity contribution in [1.82, 2.24) is 15.3 Å². The van der Waals surface area contributed by atoms with Crippen LogP contribution in [0.2, 0.25) is 0 Å². The van der Waals surface area contributed by atoms with Gasteiger partial charge in [-0.1, -0.05) is 6.92 Å². The highest BCUT2D eigenvalue weighted by molar-refractivity contribution is 14.1. The minimum Gasteiger partial charge on any atom is -0.462 e. The molecule has 1 aromatic heterocycles. The number of benzene rings is 1. The van der Waals surface area contributed by atoms with E-state index in [0.29, 0.717) is 12.5 Å². The van der Waals surface area contributed by atoms with E-state index < -0.39 is 0 Å². The average molecular weight is 429 g/mol. The average Bonchev–Trinajstić information content (AvgIpc) is 3.03. The van der Waals surface area contributed by atoms with Gasteiger partial charge in [0.25, 0.3) is 6.47 Å². The first-order valence-electron chi connectivity index (χ1n) is 7.78. The van der Waals surface area contributed by atoms with Crippen LogP contribution in [0.15, 0.2) is 18.2 Å². The monoisotopic (exact) mass is 429 g/mol. The van der Waals surface area contributed by atoms with Gasteiger partial charge in [-0.2, -0.15) is 0 Å². The van der Waals surface area contributed by atoms with E-state index in [2.05, 4.69) is 67.7 Å². The fourth-order valence-corrected chi connectivity index (χ4v) is 2.92. The maximum Gasteiger partial charge on any atom is 0.293 e. The number of rotatable bonds is 2. The normalized spacial score (nSPS) is 20.9. The molecule has 126 valence electrons. The number of hydrogen-bond acceptors (Lipinski definition) is 4. The summed E-state index contributed by atoms with van der Waals surface area (Å²) < 4.78 is 5.79. The molecule has 2 aromatic rings. The first kappa shape index (κ1) is 18.2. The number of imidazole rings is 1. The van der Waals surface area contributed by atoms with Gasteiger partial charge in [-0.05, 0) is 80.4 Å². The second kappa shape index (κ2) is 7.61. The molecule has 0 bridgehead atoms. The van der Waals surface area contributed by atoms with Crippen molar-refractivity contribution in [3.8, 4) is 0 Å². The third kappa shape index (κ3) is 5.46. The molecule has 2 atom stereocenters. The molecule has 0 radical (unpaired) electrons. The van der Waals surface area contributed by atoms with Crippen molar-refractivity contribution in [3.63, 3.8) is 0 Å². The Hall–Kier alpha value is -1.15. The summed E-state index contributed by atoms with van der Waals surface area (Å²) in [5.74, 6) is 1.83. The molecule has 1 aliphatic heterocycles. The molecule has 6 heteroatoms. The van der Waals surface area contributed by atoms with Crippen LogP contribution in [0.1, 0.15) is 46.0 Å². The Balaban J connectivity index is 0.000000236. The number of nitrogens with one attached hydrogen (secondary N) is 2. The predicted octanol–water partition coefficient (Wildman–Crippen LogP) is 3.80. The lowest BCUT2D eigenvalue weighted by molar-refractivity contribution is -0.138. The molecule has 0 spiro atoms. The molecule has 3 rings (SSSR count). The van der Waals surface area contributed by atoms with E-state index in [1.165, 1.54) is 9.99 Å². The molecule has 23 heavy (non-hydrogen) atoms. The largest absolute Gasteiger partial charge is 0.462 e. The van der Waals surface area contributed by atoms with Gasteiger partial charge in [-0.15, -0.1) is 0 Å². The Morgan fingerprint density at radius 2 is 2.13 bits per heavy atom. The van der Waals surface area contributed by atoms with Gasteiger partial charge in [-0.3, -0.25) is 4.79 Å². The third-order valence-corrected chi connectivity index (χ3v) is 4.22. The second-order valence-corrected chi connectivity index (χ2v) is 8.16. The molecule has 0 amide bonds. The van der Waals surface area contributed by atoms with Crippen molar-refractivity contribution < 1.29 is 9.53 Å². The second-order valence-electron chi connectivity index (χ2n) is 6.91. The zero-order chi connectivity index (χ0) is 17.0. The zero-order valence-electron chi connectivity index (χ0n) is 14.0. The smallest absolute Gasteiger partial charge is 0.293 e. The summed E-state index contributed by atoms with van der Waals surface area (Å²) in [5, 5.41) is 3.50. The van der Waals surface area contributed by atoms with Gasteiger partial charge in [0.15, 0.2) is 0 Å². The van der Waals surface area contributed by atoms with Crippen LogP contribution in [0.3, 0.4) is 0 Å². The van der Waals surface area contributed by atoms with Crippen LogP contribution in [0.25, 0.3) is 11.0 Å². The van der Waals surface area contributed by atoms with Gasteiger partial charge < -0.3 is 15.0 Å². The van der Waals surface area contributed by atoms with Crippen molar-refractivity contribution in [2.45, 2.75) is 45.8 Å². The first-order chi connectivity index (χ1) is 10.8. The van der Waals surface area contributed by atoms with E-state index in [-0.39, 0.29) is 5.60 Å². The lowest BCUT2D eigenvalue weighted by Crippen LogP contribution is -2.17. The first-order valence-corrected chi connectivity index (χ1v) is 8.86. The molecule has 1 saturated heterocycles. The summed E-state index contributed by atoms with van der Waals surface area (Å²) in [5.41, 5.74) is 1.89. The summed E-state index contributed by atoms with van der Waals surface area (Å²) in [7, 11) is 0. The molecule has 0 saturated carbocycles. The van der Waals surface area contributed by atoms with E-state index in [9.17, 15) is 4.79 Å². The molecular formula is C17H24IN3O2. The Labute approximate surface area is 150 Å². The van der Waals surface area contributed by atoms with Crippen molar-refractivity contribution in [2.75, 3.05) is 6.54 Å². The quantitative estimate of drug-likeness (QED) is 0.563. The van der Waals surface area contributed by atoms with Crippen molar-refractivity contribution >= 4 is 40.1 Å². The van der Waals surface area contributed by atoms with Crippen molar-refractivity contribution in [1.29, 1.82) is 0 Å². The molecule has 5 nitrogen and oxygen atoms in total. The van der Waals surface area contributed by atoms with Crippen molar-refractivity contribution in [3.05, 3.63) is 27.6 Å². The molecule has 0 aliphatic carbocycles. The van der Waals surface area contributed by atoms with Crippen LogP contribution in [-0.2, 0) is 9.53 Å². The maximum atomic E-state index is 9.60. The molecule has 2 heterocycles. The third-order valence-electron chi connectivity index (χ3n) is 3.54. The van der Waals surface area contributed by atoms with Crippen LogP contribution in [0.5, 0.6) is 0 Å². The lowest BCUT2D eigenvalue weighted by atomic mass is 10.1. The van der Waals surface area contributed by atoms with Gasteiger partial charge >= 0.3 is 0 Å². The van der Waals surface area contributed by atoms with Crippen LogP contribution in [0.4, 0.5) is 0 Å².